The third-order valence-corrected chi connectivity index (χ3v) is 4.27. The molecule has 4 unspecified atom stereocenters. The van der Waals surface area contributed by atoms with Crippen molar-refractivity contribution in [2.24, 2.45) is 23.7 Å². The first-order valence-electron chi connectivity index (χ1n) is 5.59. The first kappa shape index (κ1) is 8.51. The molecule has 14 heavy (non-hydrogen) atoms. The van der Waals surface area contributed by atoms with Crippen molar-refractivity contribution < 1.29 is 9.53 Å². The molecule has 0 aromatic rings. The van der Waals surface area contributed by atoms with E-state index in [1.807, 2.05) is 0 Å². The highest BCUT2D eigenvalue weighted by atomic mass is 16.5. The summed E-state index contributed by atoms with van der Waals surface area (Å²) in [4.78, 5) is 10.9. The molecular formula is C12H16O2. The Kier molecular flexibility index (Phi) is 1.73. The summed E-state index contributed by atoms with van der Waals surface area (Å²) >= 11 is 0. The highest BCUT2D eigenvalue weighted by Gasteiger charge is 2.53. The molecule has 0 saturated heterocycles. The Morgan fingerprint density at radius 2 is 2.21 bits per heavy atom. The molecule has 2 heteroatoms. The number of carbonyl (C=O) groups is 1. The zero-order valence-electron chi connectivity index (χ0n) is 8.48. The van der Waals surface area contributed by atoms with Crippen LogP contribution in [0.2, 0.25) is 0 Å². The Labute approximate surface area is 84.3 Å². The third-order valence-electron chi connectivity index (χ3n) is 4.27. The molecule has 0 spiro atoms. The standard InChI is InChI=1S/C12H16O2/c1-7(13)14-12-6-8-5-11(12)10-4-2-3-9(8)10/h2,4,8-12H,3,5-6H2,1H3/t8?,9?,10-,11?,12?/m1/s1. The fourth-order valence-corrected chi connectivity index (χ4v) is 3.83. The topological polar surface area (TPSA) is 26.3 Å². The maximum Gasteiger partial charge on any atom is 0.302 e. The van der Waals surface area contributed by atoms with Gasteiger partial charge in [0.25, 0.3) is 0 Å². The second kappa shape index (κ2) is 2.85. The molecule has 3 rings (SSSR count). The van der Waals surface area contributed by atoms with Gasteiger partial charge in [0, 0.05) is 12.8 Å². The minimum absolute atomic E-state index is 0.110. The van der Waals surface area contributed by atoms with Crippen LogP contribution in [0.4, 0.5) is 0 Å². The fraction of sp³-hybridized carbons (Fsp3) is 0.750. The van der Waals surface area contributed by atoms with E-state index in [4.69, 9.17) is 4.74 Å². The summed E-state index contributed by atoms with van der Waals surface area (Å²) in [5.74, 6) is 2.95. The lowest BCUT2D eigenvalue weighted by molar-refractivity contribution is -0.149. The molecule has 0 radical (unpaired) electrons. The van der Waals surface area contributed by atoms with Crippen LogP contribution in [0.5, 0.6) is 0 Å². The summed E-state index contributed by atoms with van der Waals surface area (Å²) < 4.78 is 5.38. The van der Waals surface area contributed by atoms with Gasteiger partial charge in [0.05, 0.1) is 0 Å². The summed E-state index contributed by atoms with van der Waals surface area (Å²) in [6.45, 7) is 1.52. The Hall–Kier alpha value is -0.790. The van der Waals surface area contributed by atoms with Crippen molar-refractivity contribution >= 4 is 5.97 Å². The number of hydrogen-bond acceptors (Lipinski definition) is 2. The van der Waals surface area contributed by atoms with Crippen LogP contribution in [-0.4, -0.2) is 12.1 Å². The van der Waals surface area contributed by atoms with Crippen molar-refractivity contribution in [1.29, 1.82) is 0 Å². The van der Waals surface area contributed by atoms with Crippen LogP contribution in [0.25, 0.3) is 0 Å². The second-order valence-corrected chi connectivity index (χ2v) is 4.95. The fourth-order valence-electron chi connectivity index (χ4n) is 3.83. The molecule has 2 bridgehead atoms. The molecule has 5 atom stereocenters. The quantitative estimate of drug-likeness (QED) is 0.470. The number of ether oxygens (including phenoxy) is 1. The van der Waals surface area contributed by atoms with Gasteiger partial charge in [0.1, 0.15) is 6.10 Å². The number of rotatable bonds is 1. The average Bonchev–Trinajstić information content (AvgIpc) is 2.68. The van der Waals surface area contributed by atoms with Gasteiger partial charge in [-0.2, -0.15) is 0 Å². The first-order chi connectivity index (χ1) is 6.75. The molecular weight excluding hydrogens is 176 g/mol. The van der Waals surface area contributed by atoms with Crippen molar-refractivity contribution in [1.82, 2.24) is 0 Å². The van der Waals surface area contributed by atoms with Crippen molar-refractivity contribution in [3.05, 3.63) is 12.2 Å². The summed E-state index contributed by atoms with van der Waals surface area (Å²) in [6, 6.07) is 0. The number of carbonyl (C=O) groups excluding carboxylic acids is 1. The van der Waals surface area contributed by atoms with Gasteiger partial charge in [-0.25, -0.2) is 0 Å². The monoisotopic (exact) mass is 192 g/mol. The summed E-state index contributed by atoms with van der Waals surface area (Å²) in [5.41, 5.74) is 0. The van der Waals surface area contributed by atoms with Gasteiger partial charge in [0.2, 0.25) is 0 Å². The maximum absolute atomic E-state index is 10.9. The predicted octanol–water partition coefficient (Wildman–Crippen LogP) is 2.15. The molecule has 0 N–H and O–H groups in total. The molecule has 0 aromatic heterocycles. The van der Waals surface area contributed by atoms with E-state index in [0.717, 1.165) is 24.2 Å². The molecule has 2 fully saturated rings. The number of esters is 1. The van der Waals surface area contributed by atoms with E-state index in [9.17, 15) is 4.79 Å². The smallest absolute Gasteiger partial charge is 0.302 e. The van der Waals surface area contributed by atoms with E-state index in [1.54, 1.807) is 0 Å². The van der Waals surface area contributed by atoms with Crippen LogP contribution in [0.3, 0.4) is 0 Å². The van der Waals surface area contributed by atoms with Crippen LogP contribution in [0, 0.1) is 23.7 Å². The highest BCUT2D eigenvalue weighted by Crippen LogP contribution is 2.57. The van der Waals surface area contributed by atoms with Gasteiger partial charge in [-0.15, -0.1) is 0 Å². The third kappa shape index (κ3) is 1.06. The molecule has 2 saturated carbocycles. The molecule has 3 aliphatic carbocycles. The van der Waals surface area contributed by atoms with Gasteiger partial charge in [-0.3, -0.25) is 4.79 Å². The van der Waals surface area contributed by atoms with Crippen molar-refractivity contribution in [3.8, 4) is 0 Å². The van der Waals surface area contributed by atoms with Crippen molar-refractivity contribution in [2.75, 3.05) is 0 Å². The lowest BCUT2D eigenvalue weighted by atomic mass is 9.80. The average molecular weight is 192 g/mol. The van der Waals surface area contributed by atoms with Gasteiger partial charge >= 0.3 is 5.97 Å². The zero-order valence-corrected chi connectivity index (χ0v) is 8.48. The Bertz CT molecular complexity index is 295. The Morgan fingerprint density at radius 1 is 1.36 bits per heavy atom. The predicted molar refractivity (Wildman–Crippen MR) is 52.5 cm³/mol. The summed E-state index contributed by atoms with van der Waals surface area (Å²) in [7, 11) is 0. The van der Waals surface area contributed by atoms with E-state index in [0.29, 0.717) is 5.92 Å². The summed E-state index contributed by atoms with van der Waals surface area (Å²) in [5, 5.41) is 0. The zero-order chi connectivity index (χ0) is 9.71. The molecule has 0 aromatic carbocycles. The van der Waals surface area contributed by atoms with Crippen LogP contribution in [0.1, 0.15) is 26.2 Å². The van der Waals surface area contributed by atoms with Gasteiger partial charge < -0.3 is 4.74 Å². The van der Waals surface area contributed by atoms with Crippen LogP contribution >= 0.6 is 0 Å². The largest absolute Gasteiger partial charge is 0.462 e. The first-order valence-corrected chi connectivity index (χ1v) is 5.59. The Morgan fingerprint density at radius 3 is 3.00 bits per heavy atom. The highest BCUT2D eigenvalue weighted by molar-refractivity contribution is 5.66. The van der Waals surface area contributed by atoms with E-state index in [1.165, 1.54) is 19.8 Å². The SMILES string of the molecule is CC(=O)OC1CC2CC1[C@@H]1C=CCC21. The molecule has 0 amide bonds. The lowest BCUT2D eigenvalue weighted by Gasteiger charge is -2.30. The minimum atomic E-state index is -0.110. The second-order valence-electron chi connectivity index (χ2n) is 4.95. The molecule has 3 aliphatic rings. The van der Waals surface area contributed by atoms with Crippen molar-refractivity contribution in [2.45, 2.75) is 32.3 Å². The van der Waals surface area contributed by atoms with E-state index < -0.39 is 0 Å². The van der Waals surface area contributed by atoms with Gasteiger partial charge in [-0.05, 0) is 37.0 Å². The van der Waals surface area contributed by atoms with Crippen LogP contribution in [0.15, 0.2) is 12.2 Å². The van der Waals surface area contributed by atoms with E-state index >= 15 is 0 Å². The lowest BCUT2D eigenvalue weighted by Crippen LogP contribution is -2.31. The minimum Gasteiger partial charge on any atom is -0.462 e. The summed E-state index contributed by atoms with van der Waals surface area (Å²) in [6.07, 6.45) is 8.56. The number of fused-ring (bicyclic) bond motifs is 5. The normalized spacial score (nSPS) is 48.2. The van der Waals surface area contributed by atoms with E-state index in [2.05, 4.69) is 12.2 Å². The molecule has 0 heterocycles. The molecule has 0 aliphatic heterocycles. The number of allylic oxidation sites excluding steroid dienone is 2. The number of hydrogen-bond donors (Lipinski definition) is 0. The van der Waals surface area contributed by atoms with Gasteiger partial charge in [0.15, 0.2) is 0 Å². The van der Waals surface area contributed by atoms with Crippen LogP contribution < -0.4 is 0 Å². The van der Waals surface area contributed by atoms with Crippen LogP contribution in [-0.2, 0) is 9.53 Å². The van der Waals surface area contributed by atoms with Crippen molar-refractivity contribution in [3.63, 3.8) is 0 Å². The molecule has 76 valence electrons. The molecule has 2 nitrogen and oxygen atoms in total. The van der Waals surface area contributed by atoms with Gasteiger partial charge in [-0.1, -0.05) is 12.2 Å². The maximum atomic E-state index is 10.9. The van der Waals surface area contributed by atoms with E-state index in [-0.39, 0.29) is 12.1 Å². The Balaban J connectivity index is 1.76.